The van der Waals surface area contributed by atoms with E-state index in [0.717, 1.165) is 82.8 Å². The van der Waals surface area contributed by atoms with E-state index in [4.69, 9.17) is 21.5 Å². The standard InChI is InChI=1S/C52H32N6/c1-53-43-32-36(52-55-50(34-18-6-2-7-19-34)54-51(56-52)35-20-8-3-9-21-35)30-31-39(43)42-33-46-48(41-27-15-16-28-44(41)57(46)37-22-10-4-11-23-37)49-47(42)40-26-14-17-29-45(40)58(49)38-24-12-5-13-25-38/h2-33H. The summed E-state index contributed by atoms with van der Waals surface area (Å²) >= 11 is 0. The third-order valence-electron chi connectivity index (χ3n) is 11.0. The average Bonchev–Trinajstić information content (AvgIpc) is 3.83. The molecule has 0 saturated carbocycles. The molecule has 0 fully saturated rings. The Morgan fingerprint density at radius 1 is 0.379 bits per heavy atom. The van der Waals surface area contributed by atoms with Crippen molar-refractivity contribution < 1.29 is 0 Å². The summed E-state index contributed by atoms with van der Waals surface area (Å²) in [4.78, 5) is 19.1. The lowest BCUT2D eigenvalue weighted by Crippen LogP contribution is -2.00. The van der Waals surface area contributed by atoms with Gasteiger partial charge in [0.2, 0.25) is 0 Å². The lowest BCUT2D eigenvalue weighted by Gasteiger charge is -2.14. The van der Waals surface area contributed by atoms with Gasteiger partial charge in [-0.05, 0) is 59.7 Å². The molecule has 6 heteroatoms. The minimum Gasteiger partial charge on any atom is -0.309 e. The fraction of sp³-hybridized carbons (Fsp3) is 0. The van der Waals surface area contributed by atoms with Gasteiger partial charge in [-0.15, -0.1) is 0 Å². The van der Waals surface area contributed by atoms with Crippen LogP contribution in [0.25, 0.3) is 105 Å². The van der Waals surface area contributed by atoms with Gasteiger partial charge in [-0.1, -0.05) is 146 Å². The van der Waals surface area contributed by atoms with Gasteiger partial charge in [0.05, 0.1) is 28.6 Å². The lowest BCUT2D eigenvalue weighted by molar-refractivity contribution is 1.07. The molecule has 0 amide bonds. The summed E-state index contributed by atoms with van der Waals surface area (Å²) < 4.78 is 4.75. The second kappa shape index (κ2) is 13.6. The first-order valence-corrected chi connectivity index (χ1v) is 19.2. The van der Waals surface area contributed by atoms with E-state index >= 15 is 0 Å². The summed E-state index contributed by atoms with van der Waals surface area (Å²) in [5.41, 5.74) is 11.4. The first-order chi connectivity index (χ1) is 28.7. The number of fused-ring (bicyclic) bond motifs is 7. The van der Waals surface area contributed by atoms with Crippen LogP contribution in [0.5, 0.6) is 0 Å². The Bertz CT molecular complexity index is 3320. The van der Waals surface area contributed by atoms with Crippen molar-refractivity contribution in [2.24, 2.45) is 0 Å². The van der Waals surface area contributed by atoms with E-state index in [0.29, 0.717) is 23.2 Å². The number of para-hydroxylation sites is 4. The third kappa shape index (κ3) is 5.30. The molecule has 0 aliphatic rings. The van der Waals surface area contributed by atoms with Gasteiger partial charge in [0.1, 0.15) is 0 Å². The van der Waals surface area contributed by atoms with Crippen molar-refractivity contribution >= 4 is 49.3 Å². The van der Waals surface area contributed by atoms with Gasteiger partial charge in [0.25, 0.3) is 0 Å². The molecule has 8 aromatic carbocycles. The molecule has 6 nitrogen and oxygen atoms in total. The summed E-state index contributed by atoms with van der Waals surface area (Å²) in [5, 5.41) is 4.54. The zero-order chi connectivity index (χ0) is 38.6. The van der Waals surface area contributed by atoms with Crippen LogP contribution in [-0.4, -0.2) is 24.1 Å². The molecule has 0 radical (unpaired) electrons. The summed E-state index contributed by atoms with van der Waals surface area (Å²) in [6, 6.07) is 66.6. The fourth-order valence-corrected chi connectivity index (χ4v) is 8.44. The molecule has 0 saturated heterocycles. The predicted molar refractivity (Wildman–Crippen MR) is 237 cm³/mol. The lowest BCUT2D eigenvalue weighted by atomic mass is 9.94. The molecule has 0 unspecified atom stereocenters. The molecular weight excluding hydrogens is 709 g/mol. The Morgan fingerprint density at radius 2 is 0.845 bits per heavy atom. The molecule has 270 valence electrons. The van der Waals surface area contributed by atoms with Crippen LogP contribution in [0.1, 0.15) is 0 Å². The van der Waals surface area contributed by atoms with Crippen molar-refractivity contribution in [1.29, 1.82) is 0 Å². The Kier molecular flexibility index (Phi) is 7.76. The van der Waals surface area contributed by atoms with E-state index in [9.17, 15) is 0 Å². The second-order valence-electron chi connectivity index (χ2n) is 14.3. The van der Waals surface area contributed by atoms with Gasteiger partial charge in [0.15, 0.2) is 23.2 Å². The molecule has 3 heterocycles. The van der Waals surface area contributed by atoms with Gasteiger partial charge in [-0.2, -0.15) is 0 Å². The van der Waals surface area contributed by atoms with Crippen molar-refractivity contribution in [3.63, 3.8) is 0 Å². The summed E-state index contributed by atoms with van der Waals surface area (Å²) in [7, 11) is 0. The van der Waals surface area contributed by atoms with Gasteiger partial charge >= 0.3 is 0 Å². The topological polar surface area (TPSA) is 52.9 Å². The quantitative estimate of drug-likeness (QED) is 0.160. The highest BCUT2D eigenvalue weighted by Crippen LogP contribution is 2.48. The molecule has 0 bridgehead atoms. The third-order valence-corrected chi connectivity index (χ3v) is 11.0. The van der Waals surface area contributed by atoms with Gasteiger partial charge < -0.3 is 9.13 Å². The second-order valence-corrected chi connectivity index (χ2v) is 14.3. The van der Waals surface area contributed by atoms with Crippen molar-refractivity contribution in [2.45, 2.75) is 0 Å². The maximum absolute atomic E-state index is 8.65. The number of nitrogens with zero attached hydrogens (tertiary/aromatic N) is 6. The van der Waals surface area contributed by atoms with E-state index in [1.165, 1.54) is 0 Å². The van der Waals surface area contributed by atoms with E-state index in [2.05, 4.69) is 135 Å². The van der Waals surface area contributed by atoms with Crippen molar-refractivity contribution in [3.8, 4) is 56.7 Å². The van der Waals surface area contributed by atoms with Crippen LogP contribution in [0.15, 0.2) is 194 Å². The Balaban J connectivity index is 1.23. The minimum atomic E-state index is 0.509. The minimum absolute atomic E-state index is 0.509. The van der Waals surface area contributed by atoms with Crippen LogP contribution in [-0.2, 0) is 0 Å². The molecule has 0 N–H and O–H groups in total. The van der Waals surface area contributed by atoms with Crippen molar-refractivity contribution in [2.75, 3.05) is 0 Å². The molecule has 0 aliphatic carbocycles. The number of hydrogen-bond acceptors (Lipinski definition) is 3. The first-order valence-electron chi connectivity index (χ1n) is 19.2. The Labute approximate surface area is 334 Å². The summed E-state index contributed by atoms with van der Waals surface area (Å²) in [5.74, 6) is 1.66. The summed E-state index contributed by atoms with van der Waals surface area (Å²) in [6.07, 6.45) is 0. The molecule has 58 heavy (non-hydrogen) atoms. The molecule has 11 aromatic rings. The Hall–Kier alpha value is -8.14. The van der Waals surface area contributed by atoms with Gasteiger partial charge in [-0.25, -0.2) is 19.8 Å². The van der Waals surface area contributed by atoms with Gasteiger partial charge in [0, 0.05) is 49.6 Å². The van der Waals surface area contributed by atoms with Crippen LogP contribution in [0.3, 0.4) is 0 Å². The van der Waals surface area contributed by atoms with E-state index < -0.39 is 0 Å². The van der Waals surface area contributed by atoms with E-state index in [-0.39, 0.29) is 0 Å². The highest BCUT2D eigenvalue weighted by molar-refractivity contribution is 6.30. The molecule has 11 rings (SSSR count). The average molecular weight is 741 g/mol. The molecule has 0 aliphatic heterocycles. The van der Waals surface area contributed by atoms with Crippen LogP contribution in [0.4, 0.5) is 5.69 Å². The smallest absolute Gasteiger partial charge is 0.195 e. The van der Waals surface area contributed by atoms with E-state index in [1.807, 2.05) is 72.8 Å². The molecule has 0 spiro atoms. The molecule has 3 aromatic heterocycles. The van der Waals surface area contributed by atoms with Crippen molar-refractivity contribution in [3.05, 3.63) is 206 Å². The largest absolute Gasteiger partial charge is 0.309 e. The van der Waals surface area contributed by atoms with Crippen LogP contribution < -0.4 is 0 Å². The maximum Gasteiger partial charge on any atom is 0.195 e. The molecular formula is C52H32N6. The van der Waals surface area contributed by atoms with Crippen molar-refractivity contribution in [1.82, 2.24) is 24.1 Å². The van der Waals surface area contributed by atoms with Gasteiger partial charge in [-0.3, -0.25) is 0 Å². The Morgan fingerprint density at radius 3 is 1.41 bits per heavy atom. The van der Waals surface area contributed by atoms with Crippen LogP contribution in [0, 0.1) is 6.57 Å². The number of hydrogen-bond donors (Lipinski definition) is 0. The highest BCUT2D eigenvalue weighted by Gasteiger charge is 2.25. The van der Waals surface area contributed by atoms with Crippen LogP contribution in [0.2, 0.25) is 0 Å². The molecule has 0 atom stereocenters. The normalized spacial score (nSPS) is 11.4. The highest BCUT2D eigenvalue weighted by atomic mass is 15.0. The monoisotopic (exact) mass is 740 g/mol. The first kappa shape index (κ1) is 33.2. The number of benzene rings is 8. The SMILES string of the molecule is [C-]#[N+]c1cc(-c2nc(-c3ccccc3)nc(-c3ccccc3)n2)ccc1-c1cc2c(c3ccccc3n2-c2ccccc2)c2c1c1ccccc1n2-c1ccccc1. The zero-order valence-electron chi connectivity index (χ0n) is 31.2. The predicted octanol–water partition coefficient (Wildman–Crippen LogP) is 13.3. The summed E-state index contributed by atoms with van der Waals surface area (Å²) in [6.45, 7) is 8.65. The zero-order valence-corrected chi connectivity index (χ0v) is 31.2. The van der Waals surface area contributed by atoms with E-state index in [1.54, 1.807) is 0 Å². The maximum atomic E-state index is 8.65. The van der Waals surface area contributed by atoms with Crippen LogP contribution >= 0.6 is 0 Å². The fourth-order valence-electron chi connectivity index (χ4n) is 8.44. The number of aromatic nitrogens is 5. The number of rotatable bonds is 6.